The van der Waals surface area contributed by atoms with Gasteiger partial charge in [-0.2, -0.15) is 0 Å². The van der Waals surface area contributed by atoms with Crippen LogP contribution in [0.5, 0.6) is 0 Å². The molecule has 2 aliphatic heterocycles. The average molecular weight is 621 g/mol. The zero-order chi connectivity index (χ0) is 33.1. The van der Waals surface area contributed by atoms with Crippen LogP contribution in [-0.2, 0) is 9.59 Å². The average Bonchev–Trinajstić information content (AvgIpc) is 3.55. The Morgan fingerprint density at radius 1 is 0.644 bits per heavy atom. The summed E-state index contributed by atoms with van der Waals surface area (Å²) in [5, 5.41) is 34.6. The lowest BCUT2D eigenvalue weighted by Crippen LogP contribution is -2.56. The molecule has 0 spiro atoms. The number of benzene rings is 2. The summed E-state index contributed by atoms with van der Waals surface area (Å²) in [5.74, 6) is 0.457. The van der Waals surface area contributed by atoms with Gasteiger partial charge < -0.3 is 30.3 Å². The Morgan fingerprint density at radius 3 is 1.24 bits per heavy atom. The Balaban J connectivity index is 1.45. The summed E-state index contributed by atoms with van der Waals surface area (Å²) >= 11 is 0. The van der Waals surface area contributed by atoms with Crippen molar-refractivity contribution in [1.82, 2.24) is 0 Å². The van der Waals surface area contributed by atoms with Gasteiger partial charge in [-0.25, -0.2) is 0 Å². The molecule has 248 valence electrons. The number of hydroxylamine groups is 6. The van der Waals surface area contributed by atoms with Gasteiger partial charge in [0.1, 0.15) is 0 Å². The molecule has 0 saturated carbocycles. The van der Waals surface area contributed by atoms with Gasteiger partial charge in [0, 0.05) is 43.5 Å². The minimum atomic E-state index is -0.704. The third-order valence-corrected chi connectivity index (χ3v) is 10.1. The summed E-state index contributed by atoms with van der Waals surface area (Å²) in [6.07, 6.45) is 2.80. The number of hydrogen-bond donors (Lipinski definition) is 2. The second kappa shape index (κ2) is 14.3. The van der Waals surface area contributed by atoms with E-state index in [0.29, 0.717) is 45.2 Å². The number of rotatable bonds is 12. The molecule has 0 radical (unpaired) electrons. The molecule has 8 nitrogen and oxygen atoms in total. The molecule has 4 rings (SSSR count). The van der Waals surface area contributed by atoms with Crippen LogP contribution in [0.25, 0.3) is 0 Å². The fraction of sp³-hybridized carbons (Fsp3) is 0.622. The number of nitrogens with one attached hydrogen (secondary N) is 2. The minimum absolute atomic E-state index is 0.200. The van der Waals surface area contributed by atoms with Gasteiger partial charge in [0.2, 0.25) is 0 Å². The van der Waals surface area contributed by atoms with E-state index in [-0.39, 0.29) is 48.6 Å². The van der Waals surface area contributed by atoms with E-state index >= 15 is 0 Å². The Hall–Kier alpha value is -2.78. The van der Waals surface area contributed by atoms with E-state index in [4.69, 9.17) is 0 Å². The molecule has 2 saturated heterocycles. The molecule has 2 amide bonds. The maximum Gasteiger partial charge on any atom is 0.283 e. The van der Waals surface area contributed by atoms with Crippen molar-refractivity contribution >= 4 is 23.2 Å². The number of likely N-dealkylation sites (tertiary alicyclic amines) is 2. The van der Waals surface area contributed by atoms with Crippen LogP contribution < -0.4 is 10.6 Å². The predicted octanol–water partition coefficient (Wildman–Crippen LogP) is 8.10. The van der Waals surface area contributed by atoms with E-state index in [1.165, 1.54) is 0 Å². The molecule has 2 N–H and O–H groups in total. The number of hydrogen-bond acceptors (Lipinski definition) is 4. The molecule has 0 aliphatic carbocycles. The molecule has 8 heteroatoms. The first-order valence-corrected chi connectivity index (χ1v) is 17.2. The first-order chi connectivity index (χ1) is 21.2. The lowest BCUT2D eigenvalue weighted by Gasteiger charge is -2.46. The zero-order valence-corrected chi connectivity index (χ0v) is 28.8. The molecule has 2 fully saturated rings. The van der Waals surface area contributed by atoms with Crippen molar-refractivity contribution in [3.05, 3.63) is 69.1 Å². The van der Waals surface area contributed by atoms with Crippen LogP contribution in [0.4, 0.5) is 11.4 Å². The number of carbonyl (C=O) groups is 2. The highest BCUT2D eigenvalue weighted by atomic mass is 16.6. The number of nitrogens with zero attached hydrogens (tertiary/aromatic N) is 2. The van der Waals surface area contributed by atoms with E-state index in [1.54, 1.807) is 0 Å². The highest BCUT2D eigenvalue weighted by molar-refractivity contribution is 5.96. The third-order valence-electron chi connectivity index (χ3n) is 10.1. The molecule has 45 heavy (non-hydrogen) atoms. The molecular formula is C37H56N4O4. The van der Waals surface area contributed by atoms with Crippen molar-refractivity contribution in [2.24, 2.45) is 0 Å². The van der Waals surface area contributed by atoms with Gasteiger partial charge in [0.15, 0.2) is 12.1 Å². The molecule has 0 aromatic heterocycles. The fourth-order valence-electron chi connectivity index (χ4n) is 7.52. The molecule has 2 unspecified atom stereocenters. The standard InChI is InChI=1S/C37H56N4O4/c1-24(2)28-14-9-15-29(25(3)4)34(28)38-36(42)32-18-11-20-40(32,44)22-13-23-41(45)21-12-19-33(41)37(43)39-35-30(26(5)6)16-10-17-31(35)27(7)8/h9-10,14-17,24-27,32-33H,11-13,18-23H2,1-8H3,(H,38,42)(H,39,43)/t32-,33-,40?,41?/m1/s1. The highest BCUT2D eigenvalue weighted by Gasteiger charge is 2.43. The summed E-state index contributed by atoms with van der Waals surface area (Å²) in [5.41, 5.74) is 5.96. The first-order valence-electron chi connectivity index (χ1n) is 17.2. The van der Waals surface area contributed by atoms with Gasteiger partial charge in [-0.05, 0) is 45.9 Å². The van der Waals surface area contributed by atoms with Gasteiger partial charge in [-0.1, -0.05) is 91.8 Å². The smallest absolute Gasteiger partial charge is 0.283 e. The van der Waals surface area contributed by atoms with Crippen molar-refractivity contribution in [2.45, 2.75) is 123 Å². The van der Waals surface area contributed by atoms with Crippen LogP contribution in [0.3, 0.4) is 0 Å². The number of anilines is 2. The molecule has 0 bridgehead atoms. The Labute approximate surface area is 270 Å². The topological polar surface area (TPSA) is 104 Å². The SMILES string of the molecule is CC(C)c1cccc(C(C)C)c1NC(=O)[C@H]1CCC[N+]1([O-])CCC[N+]1([O-])CCC[C@@H]1C(=O)Nc1c(C(C)C)cccc1C(C)C. The van der Waals surface area contributed by atoms with E-state index in [0.717, 1.165) is 33.6 Å². The third kappa shape index (κ3) is 7.62. The van der Waals surface area contributed by atoms with Gasteiger partial charge >= 0.3 is 0 Å². The zero-order valence-electron chi connectivity index (χ0n) is 28.8. The van der Waals surface area contributed by atoms with Crippen LogP contribution in [0, 0.1) is 10.4 Å². The van der Waals surface area contributed by atoms with E-state index in [9.17, 15) is 20.0 Å². The van der Waals surface area contributed by atoms with E-state index < -0.39 is 21.4 Å². The number of para-hydroxylation sites is 2. The van der Waals surface area contributed by atoms with Gasteiger partial charge in [0.25, 0.3) is 11.8 Å². The van der Waals surface area contributed by atoms with Crippen molar-refractivity contribution < 1.29 is 18.9 Å². The summed E-state index contributed by atoms with van der Waals surface area (Å²) in [6.45, 7) is 18.0. The predicted molar refractivity (Wildman–Crippen MR) is 184 cm³/mol. The number of carbonyl (C=O) groups excluding carboxylic acids is 2. The van der Waals surface area contributed by atoms with Gasteiger partial charge in [-0.3, -0.25) is 9.59 Å². The van der Waals surface area contributed by atoms with E-state index in [1.807, 2.05) is 36.4 Å². The Bertz CT molecular complexity index is 1200. The number of amides is 2. The number of quaternary nitrogens is 2. The van der Waals surface area contributed by atoms with Gasteiger partial charge in [0.05, 0.1) is 26.2 Å². The highest BCUT2D eigenvalue weighted by Crippen LogP contribution is 2.36. The summed E-state index contributed by atoms with van der Waals surface area (Å²) in [4.78, 5) is 27.4. The fourth-order valence-corrected chi connectivity index (χ4v) is 7.52. The molecule has 2 aromatic carbocycles. The quantitative estimate of drug-likeness (QED) is 0.185. The Morgan fingerprint density at radius 2 is 0.956 bits per heavy atom. The van der Waals surface area contributed by atoms with Crippen LogP contribution in [-0.4, -0.2) is 59.4 Å². The largest absolute Gasteiger partial charge is 0.632 e. The van der Waals surface area contributed by atoms with Crippen LogP contribution in [0.1, 0.15) is 133 Å². The first kappa shape index (κ1) is 35.1. The van der Waals surface area contributed by atoms with Crippen molar-refractivity contribution in [3.63, 3.8) is 0 Å². The van der Waals surface area contributed by atoms with Gasteiger partial charge in [-0.15, -0.1) is 0 Å². The normalized spacial score (nSPS) is 25.1. The molecule has 2 heterocycles. The van der Waals surface area contributed by atoms with Crippen molar-refractivity contribution in [2.75, 3.05) is 36.8 Å². The minimum Gasteiger partial charge on any atom is -0.632 e. The lowest BCUT2D eigenvalue weighted by molar-refractivity contribution is -0.902. The van der Waals surface area contributed by atoms with Crippen molar-refractivity contribution in [3.8, 4) is 0 Å². The summed E-state index contributed by atoms with van der Waals surface area (Å²) in [7, 11) is 0. The molecule has 2 aromatic rings. The molecule has 2 aliphatic rings. The summed E-state index contributed by atoms with van der Waals surface area (Å²) in [6, 6.07) is 10.8. The van der Waals surface area contributed by atoms with Crippen molar-refractivity contribution in [1.29, 1.82) is 0 Å². The van der Waals surface area contributed by atoms with Crippen LogP contribution in [0.15, 0.2) is 36.4 Å². The second-order valence-corrected chi connectivity index (χ2v) is 14.7. The van der Waals surface area contributed by atoms with Crippen LogP contribution in [0.2, 0.25) is 0 Å². The summed E-state index contributed by atoms with van der Waals surface area (Å²) < 4.78 is -1.22. The maximum absolute atomic E-state index is 14.1. The van der Waals surface area contributed by atoms with E-state index in [2.05, 4.69) is 66.0 Å². The molecular weight excluding hydrogens is 564 g/mol. The monoisotopic (exact) mass is 620 g/mol. The lowest BCUT2D eigenvalue weighted by atomic mass is 9.92. The Kier molecular flexibility index (Phi) is 11.2. The maximum atomic E-state index is 14.1. The molecule has 4 atom stereocenters. The van der Waals surface area contributed by atoms with Crippen LogP contribution >= 0.6 is 0 Å². The second-order valence-electron chi connectivity index (χ2n) is 14.7.